The van der Waals surface area contributed by atoms with Crippen LogP contribution in [0.15, 0.2) is 18.2 Å². The molecule has 1 aliphatic rings. The van der Waals surface area contributed by atoms with Crippen LogP contribution in [0.2, 0.25) is 0 Å². The lowest BCUT2D eigenvalue weighted by Crippen LogP contribution is -2.42. The molecule has 1 saturated heterocycles. The topological polar surface area (TPSA) is 82.1 Å². The van der Waals surface area contributed by atoms with Crippen molar-refractivity contribution >= 4 is 15.7 Å². The number of rotatable bonds is 10. The molecule has 1 amide bonds. The highest BCUT2D eigenvalue weighted by molar-refractivity contribution is 7.91. The van der Waals surface area contributed by atoms with E-state index in [1.807, 2.05) is 13.8 Å². The molecule has 8 heteroatoms. The molecule has 0 bridgehead atoms. The Morgan fingerprint density at radius 3 is 2.48 bits per heavy atom. The molecule has 0 spiro atoms. The van der Waals surface area contributed by atoms with Crippen LogP contribution >= 0.6 is 0 Å². The number of carbonyl (C=O) groups excluding carboxylic acids is 1. The molecule has 1 aliphatic heterocycles. The van der Waals surface area contributed by atoms with Gasteiger partial charge in [-0.3, -0.25) is 4.79 Å². The van der Waals surface area contributed by atoms with Gasteiger partial charge in [-0.2, -0.15) is 0 Å². The summed E-state index contributed by atoms with van der Waals surface area (Å²) in [6.45, 7) is 5.66. The summed E-state index contributed by atoms with van der Waals surface area (Å²) >= 11 is 0. The van der Waals surface area contributed by atoms with Crippen molar-refractivity contribution in [1.82, 2.24) is 4.90 Å². The highest BCUT2D eigenvalue weighted by atomic mass is 32.2. The molecule has 0 N–H and O–H groups in total. The largest absolute Gasteiger partial charge is 0.490 e. The molecule has 1 aromatic rings. The smallest absolute Gasteiger partial charge is 0.254 e. The van der Waals surface area contributed by atoms with Crippen LogP contribution < -0.4 is 9.47 Å². The summed E-state index contributed by atoms with van der Waals surface area (Å²) in [7, 11) is -1.48. The van der Waals surface area contributed by atoms with Crippen LogP contribution in [0.5, 0.6) is 11.5 Å². The third-order valence-corrected chi connectivity index (χ3v) is 6.20. The number of benzene rings is 1. The first-order valence-electron chi connectivity index (χ1n) is 9.31. The Bertz CT molecular complexity index is 734. The van der Waals surface area contributed by atoms with Gasteiger partial charge < -0.3 is 19.1 Å². The third-order valence-electron chi connectivity index (χ3n) is 4.45. The van der Waals surface area contributed by atoms with Gasteiger partial charge in [0.25, 0.3) is 5.91 Å². The second-order valence-electron chi connectivity index (χ2n) is 6.43. The van der Waals surface area contributed by atoms with E-state index in [9.17, 15) is 13.2 Å². The van der Waals surface area contributed by atoms with E-state index in [1.165, 1.54) is 0 Å². The van der Waals surface area contributed by atoms with Gasteiger partial charge in [0.2, 0.25) is 0 Å². The van der Waals surface area contributed by atoms with E-state index >= 15 is 0 Å². The SMILES string of the molecule is CCOc1ccc(C(=O)N(CCCOC)[C@@H]2CCS(=O)(=O)C2)cc1OCC. The fourth-order valence-electron chi connectivity index (χ4n) is 3.20. The van der Waals surface area contributed by atoms with Crippen LogP contribution in [0.3, 0.4) is 0 Å². The number of ether oxygens (including phenoxy) is 3. The first kappa shape index (κ1) is 21.5. The Kier molecular flexibility index (Phi) is 7.91. The van der Waals surface area contributed by atoms with Crippen LogP contribution in [0.25, 0.3) is 0 Å². The molecule has 2 rings (SSSR count). The number of methoxy groups -OCH3 is 1. The Balaban J connectivity index is 2.26. The molecule has 1 fully saturated rings. The Hall–Kier alpha value is -1.80. The Morgan fingerprint density at radius 2 is 1.89 bits per heavy atom. The lowest BCUT2D eigenvalue weighted by atomic mass is 10.1. The number of carbonyl (C=O) groups is 1. The molecule has 1 aromatic carbocycles. The molecule has 7 nitrogen and oxygen atoms in total. The summed E-state index contributed by atoms with van der Waals surface area (Å²) in [6.07, 6.45) is 1.12. The van der Waals surface area contributed by atoms with Crippen LogP contribution in [-0.2, 0) is 14.6 Å². The van der Waals surface area contributed by atoms with Crippen molar-refractivity contribution in [3.05, 3.63) is 23.8 Å². The van der Waals surface area contributed by atoms with Crippen molar-refractivity contribution in [2.75, 3.05) is 45.0 Å². The average Bonchev–Trinajstić information content (AvgIpc) is 2.99. The van der Waals surface area contributed by atoms with E-state index in [1.54, 1.807) is 30.2 Å². The van der Waals surface area contributed by atoms with E-state index < -0.39 is 9.84 Å². The molecule has 0 aromatic heterocycles. The summed E-state index contributed by atoms with van der Waals surface area (Å²) in [6, 6.07) is 4.79. The van der Waals surface area contributed by atoms with Gasteiger partial charge >= 0.3 is 0 Å². The van der Waals surface area contributed by atoms with Gasteiger partial charge in [-0.25, -0.2) is 8.42 Å². The first-order chi connectivity index (χ1) is 12.9. The van der Waals surface area contributed by atoms with Gasteiger partial charge in [0.1, 0.15) is 0 Å². The predicted molar refractivity (Wildman–Crippen MR) is 103 cm³/mol. The predicted octanol–water partition coefficient (Wildman–Crippen LogP) is 2.15. The standard InChI is InChI=1S/C19H29NO6S/c1-4-25-17-8-7-15(13-18(17)26-5-2)19(21)20(10-6-11-24-3)16-9-12-27(22,23)14-16/h7-8,13,16H,4-6,9-12,14H2,1-3H3/t16-/m1/s1. The van der Waals surface area contributed by atoms with Gasteiger partial charge in [0, 0.05) is 31.9 Å². The van der Waals surface area contributed by atoms with E-state index in [0.29, 0.717) is 56.3 Å². The maximum Gasteiger partial charge on any atom is 0.254 e. The summed E-state index contributed by atoms with van der Waals surface area (Å²) < 4.78 is 40.0. The average molecular weight is 400 g/mol. The molecule has 1 heterocycles. The Labute approximate surface area is 161 Å². The maximum absolute atomic E-state index is 13.2. The maximum atomic E-state index is 13.2. The molecule has 0 saturated carbocycles. The molecular formula is C19H29NO6S. The zero-order chi connectivity index (χ0) is 19.9. The van der Waals surface area contributed by atoms with E-state index in [-0.39, 0.29) is 23.5 Å². The summed E-state index contributed by atoms with van der Waals surface area (Å²) in [5, 5.41) is 0. The lowest BCUT2D eigenvalue weighted by molar-refractivity contribution is 0.0674. The summed E-state index contributed by atoms with van der Waals surface area (Å²) in [5.74, 6) is 1.05. The van der Waals surface area contributed by atoms with Gasteiger partial charge in [-0.1, -0.05) is 0 Å². The third kappa shape index (κ3) is 5.84. The van der Waals surface area contributed by atoms with Crippen LogP contribution in [0.4, 0.5) is 0 Å². The van der Waals surface area contributed by atoms with Crippen LogP contribution in [-0.4, -0.2) is 70.2 Å². The van der Waals surface area contributed by atoms with Gasteiger partial charge in [0.05, 0.1) is 24.7 Å². The van der Waals surface area contributed by atoms with E-state index in [4.69, 9.17) is 14.2 Å². The number of hydrogen-bond acceptors (Lipinski definition) is 6. The van der Waals surface area contributed by atoms with Gasteiger partial charge in [0.15, 0.2) is 21.3 Å². The highest BCUT2D eigenvalue weighted by Gasteiger charge is 2.35. The molecule has 1 atom stereocenters. The Morgan fingerprint density at radius 1 is 1.19 bits per heavy atom. The van der Waals surface area contributed by atoms with Gasteiger partial charge in [-0.05, 0) is 44.9 Å². The molecular weight excluding hydrogens is 370 g/mol. The fourth-order valence-corrected chi connectivity index (χ4v) is 4.93. The minimum Gasteiger partial charge on any atom is -0.490 e. The second-order valence-corrected chi connectivity index (χ2v) is 8.66. The molecule has 0 radical (unpaired) electrons. The molecule has 152 valence electrons. The van der Waals surface area contributed by atoms with Crippen molar-refractivity contribution in [3.63, 3.8) is 0 Å². The lowest BCUT2D eigenvalue weighted by Gasteiger charge is -2.28. The number of hydrogen-bond donors (Lipinski definition) is 0. The number of sulfone groups is 1. The van der Waals surface area contributed by atoms with Crippen molar-refractivity contribution in [3.8, 4) is 11.5 Å². The minimum atomic E-state index is -3.09. The zero-order valence-corrected chi connectivity index (χ0v) is 17.1. The van der Waals surface area contributed by atoms with Crippen molar-refractivity contribution in [1.29, 1.82) is 0 Å². The summed E-state index contributed by atoms with van der Waals surface area (Å²) in [4.78, 5) is 14.8. The molecule has 27 heavy (non-hydrogen) atoms. The van der Waals surface area contributed by atoms with E-state index in [2.05, 4.69) is 0 Å². The monoisotopic (exact) mass is 399 g/mol. The zero-order valence-electron chi connectivity index (χ0n) is 16.3. The quantitative estimate of drug-likeness (QED) is 0.561. The van der Waals surface area contributed by atoms with E-state index in [0.717, 1.165) is 0 Å². The summed E-state index contributed by atoms with van der Waals surface area (Å²) in [5.41, 5.74) is 0.462. The minimum absolute atomic E-state index is 0.0149. The fraction of sp³-hybridized carbons (Fsp3) is 0.632. The van der Waals surface area contributed by atoms with Crippen LogP contribution in [0.1, 0.15) is 37.0 Å². The first-order valence-corrected chi connectivity index (χ1v) is 11.1. The van der Waals surface area contributed by atoms with Crippen LogP contribution in [0, 0.1) is 0 Å². The van der Waals surface area contributed by atoms with Crippen molar-refractivity contribution in [2.45, 2.75) is 32.7 Å². The van der Waals surface area contributed by atoms with Gasteiger partial charge in [-0.15, -0.1) is 0 Å². The number of amides is 1. The molecule has 0 unspecified atom stereocenters. The normalized spacial score (nSPS) is 18.3. The van der Waals surface area contributed by atoms with Crippen molar-refractivity contribution < 1.29 is 27.4 Å². The highest BCUT2D eigenvalue weighted by Crippen LogP contribution is 2.30. The second kappa shape index (κ2) is 9.94. The molecule has 0 aliphatic carbocycles. The number of nitrogens with zero attached hydrogens (tertiary/aromatic N) is 1. The van der Waals surface area contributed by atoms with Crippen molar-refractivity contribution in [2.24, 2.45) is 0 Å².